The second-order valence-electron chi connectivity index (χ2n) is 3.41. The van der Waals surface area contributed by atoms with E-state index in [4.69, 9.17) is 5.73 Å². The molecular weight excluding hydrogens is 291 g/mol. The Morgan fingerprint density at radius 2 is 2.12 bits per heavy atom. The zero-order valence-electron chi connectivity index (χ0n) is 9.24. The van der Waals surface area contributed by atoms with Gasteiger partial charge in [-0.05, 0) is 25.1 Å². The fourth-order valence-corrected chi connectivity index (χ4v) is 1.71. The van der Waals surface area contributed by atoms with Crippen LogP contribution in [-0.4, -0.2) is 29.8 Å². The van der Waals surface area contributed by atoms with Gasteiger partial charge in [-0.2, -0.15) is 0 Å². The average Bonchev–Trinajstić information content (AvgIpc) is 2.28. The van der Waals surface area contributed by atoms with Crippen LogP contribution in [0.4, 0.5) is 4.39 Å². The van der Waals surface area contributed by atoms with Gasteiger partial charge in [-0.15, -0.1) is 0 Å². The van der Waals surface area contributed by atoms with Crippen molar-refractivity contribution < 1.29 is 14.0 Å². The summed E-state index contributed by atoms with van der Waals surface area (Å²) in [4.78, 5) is 23.9. The first-order valence-electron chi connectivity index (χ1n) is 4.98. The van der Waals surface area contributed by atoms with E-state index in [-0.39, 0.29) is 18.7 Å². The highest BCUT2D eigenvalue weighted by Gasteiger charge is 2.19. The van der Waals surface area contributed by atoms with Gasteiger partial charge in [0.15, 0.2) is 0 Å². The minimum atomic E-state index is -0.629. The fourth-order valence-electron chi connectivity index (χ4n) is 1.35. The summed E-state index contributed by atoms with van der Waals surface area (Å²) in [7, 11) is 0. The van der Waals surface area contributed by atoms with Crippen molar-refractivity contribution in [2.45, 2.75) is 6.92 Å². The van der Waals surface area contributed by atoms with Crippen molar-refractivity contribution in [2.24, 2.45) is 5.73 Å². The second kappa shape index (κ2) is 5.77. The molecule has 0 radical (unpaired) electrons. The van der Waals surface area contributed by atoms with Crippen molar-refractivity contribution in [2.75, 3.05) is 13.1 Å². The number of hydrogen-bond donors (Lipinski definition) is 1. The number of rotatable bonds is 4. The van der Waals surface area contributed by atoms with Crippen molar-refractivity contribution in [3.63, 3.8) is 0 Å². The van der Waals surface area contributed by atoms with Gasteiger partial charge in [0.2, 0.25) is 5.91 Å². The van der Waals surface area contributed by atoms with Crippen LogP contribution in [0.15, 0.2) is 22.7 Å². The molecule has 0 heterocycles. The third kappa shape index (κ3) is 3.52. The van der Waals surface area contributed by atoms with E-state index >= 15 is 0 Å². The van der Waals surface area contributed by atoms with E-state index in [9.17, 15) is 14.0 Å². The Hall–Kier alpha value is -1.43. The third-order valence-corrected chi connectivity index (χ3v) is 2.67. The molecule has 1 aromatic carbocycles. The SMILES string of the molecule is CCN(CC(N)=O)C(=O)c1cc(Br)ccc1F. The Balaban J connectivity index is 3.01. The maximum Gasteiger partial charge on any atom is 0.257 e. The Kier molecular flexibility index (Phi) is 4.62. The van der Waals surface area contributed by atoms with E-state index in [0.717, 1.165) is 0 Å². The predicted molar refractivity (Wildman–Crippen MR) is 64.9 cm³/mol. The van der Waals surface area contributed by atoms with Gasteiger partial charge >= 0.3 is 0 Å². The maximum absolute atomic E-state index is 13.5. The van der Waals surface area contributed by atoms with Gasteiger partial charge in [0.1, 0.15) is 5.82 Å². The summed E-state index contributed by atoms with van der Waals surface area (Å²) < 4.78 is 14.1. The topological polar surface area (TPSA) is 63.4 Å². The number of amides is 2. The smallest absolute Gasteiger partial charge is 0.257 e. The molecule has 0 aliphatic carbocycles. The molecule has 0 bridgehead atoms. The molecule has 2 amide bonds. The molecule has 0 spiro atoms. The monoisotopic (exact) mass is 302 g/mol. The van der Waals surface area contributed by atoms with Crippen LogP contribution in [0.1, 0.15) is 17.3 Å². The quantitative estimate of drug-likeness (QED) is 0.917. The lowest BCUT2D eigenvalue weighted by atomic mass is 10.2. The van der Waals surface area contributed by atoms with Crippen molar-refractivity contribution in [1.82, 2.24) is 4.90 Å². The van der Waals surface area contributed by atoms with Gasteiger partial charge in [-0.3, -0.25) is 9.59 Å². The van der Waals surface area contributed by atoms with Crippen LogP contribution >= 0.6 is 15.9 Å². The van der Waals surface area contributed by atoms with E-state index in [1.165, 1.54) is 23.1 Å². The van der Waals surface area contributed by atoms with Crippen molar-refractivity contribution in [3.05, 3.63) is 34.1 Å². The highest BCUT2D eigenvalue weighted by molar-refractivity contribution is 9.10. The molecule has 0 aliphatic heterocycles. The number of benzene rings is 1. The Morgan fingerprint density at radius 3 is 2.65 bits per heavy atom. The maximum atomic E-state index is 13.5. The number of likely N-dealkylation sites (N-methyl/N-ethyl adjacent to an activating group) is 1. The zero-order valence-corrected chi connectivity index (χ0v) is 10.8. The zero-order chi connectivity index (χ0) is 13.0. The molecule has 4 nitrogen and oxygen atoms in total. The van der Waals surface area contributed by atoms with Crippen LogP contribution in [0.3, 0.4) is 0 Å². The molecule has 0 atom stereocenters. The van der Waals surface area contributed by atoms with Crippen molar-refractivity contribution in [3.8, 4) is 0 Å². The van der Waals surface area contributed by atoms with E-state index in [1.807, 2.05) is 0 Å². The molecular formula is C11H12BrFN2O2. The summed E-state index contributed by atoms with van der Waals surface area (Å²) in [6, 6.07) is 4.06. The van der Waals surface area contributed by atoms with Crippen LogP contribution in [0.25, 0.3) is 0 Å². The number of halogens is 2. The fraction of sp³-hybridized carbons (Fsp3) is 0.273. The number of carbonyl (C=O) groups excluding carboxylic acids is 2. The molecule has 92 valence electrons. The number of carbonyl (C=O) groups is 2. The van der Waals surface area contributed by atoms with Crippen molar-refractivity contribution in [1.29, 1.82) is 0 Å². The standard InChI is InChI=1S/C11H12BrFN2O2/c1-2-15(6-10(14)16)11(17)8-5-7(12)3-4-9(8)13/h3-5H,2,6H2,1H3,(H2,14,16). The molecule has 0 unspecified atom stereocenters. The third-order valence-electron chi connectivity index (χ3n) is 2.17. The molecule has 0 fully saturated rings. The largest absolute Gasteiger partial charge is 0.368 e. The van der Waals surface area contributed by atoms with Crippen LogP contribution in [0.5, 0.6) is 0 Å². The summed E-state index contributed by atoms with van der Waals surface area (Å²) >= 11 is 3.16. The summed E-state index contributed by atoms with van der Waals surface area (Å²) in [5, 5.41) is 0. The Morgan fingerprint density at radius 1 is 1.47 bits per heavy atom. The Labute approximate surface area is 107 Å². The molecule has 17 heavy (non-hydrogen) atoms. The number of hydrogen-bond acceptors (Lipinski definition) is 2. The summed E-state index contributed by atoms with van der Waals surface area (Å²) in [6.07, 6.45) is 0. The number of nitrogens with two attached hydrogens (primary N) is 1. The first-order chi connectivity index (χ1) is 7.95. The van der Waals surface area contributed by atoms with Gasteiger partial charge in [0.05, 0.1) is 12.1 Å². The molecule has 0 saturated heterocycles. The molecule has 0 saturated carbocycles. The second-order valence-corrected chi connectivity index (χ2v) is 4.33. The highest BCUT2D eigenvalue weighted by Crippen LogP contribution is 2.17. The molecule has 0 aliphatic rings. The highest BCUT2D eigenvalue weighted by atomic mass is 79.9. The van der Waals surface area contributed by atoms with Crippen LogP contribution in [0, 0.1) is 5.82 Å². The van der Waals surface area contributed by atoms with Crippen LogP contribution in [-0.2, 0) is 4.79 Å². The van der Waals surface area contributed by atoms with Gasteiger partial charge in [0.25, 0.3) is 5.91 Å². The molecule has 2 N–H and O–H groups in total. The van der Waals surface area contributed by atoms with Crippen molar-refractivity contribution >= 4 is 27.7 Å². The van der Waals surface area contributed by atoms with Crippen LogP contribution < -0.4 is 5.73 Å². The molecule has 1 rings (SSSR count). The van der Waals surface area contributed by atoms with Gasteiger partial charge in [-0.25, -0.2) is 4.39 Å². The lowest BCUT2D eigenvalue weighted by molar-refractivity contribution is -0.118. The number of primary amides is 1. The van der Waals surface area contributed by atoms with Gasteiger partial charge in [-0.1, -0.05) is 15.9 Å². The van der Waals surface area contributed by atoms with E-state index < -0.39 is 17.6 Å². The molecule has 0 aromatic heterocycles. The van der Waals surface area contributed by atoms with Crippen LogP contribution in [0.2, 0.25) is 0 Å². The lowest BCUT2D eigenvalue weighted by Crippen LogP contribution is -2.38. The normalized spacial score (nSPS) is 10.1. The molecule has 1 aromatic rings. The van der Waals surface area contributed by atoms with E-state index in [1.54, 1.807) is 6.92 Å². The van der Waals surface area contributed by atoms with Gasteiger partial charge in [0, 0.05) is 11.0 Å². The van der Waals surface area contributed by atoms with E-state index in [2.05, 4.69) is 15.9 Å². The Bertz CT molecular complexity index is 451. The molecule has 6 heteroatoms. The van der Waals surface area contributed by atoms with E-state index in [0.29, 0.717) is 4.47 Å². The first kappa shape index (κ1) is 13.6. The minimum Gasteiger partial charge on any atom is -0.368 e. The summed E-state index contributed by atoms with van der Waals surface area (Å²) in [5.74, 6) is -1.80. The lowest BCUT2D eigenvalue weighted by Gasteiger charge is -2.19. The average molecular weight is 303 g/mol. The summed E-state index contributed by atoms with van der Waals surface area (Å²) in [5.41, 5.74) is 4.94. The van der Waals surface area contributed by atoms with Gasteiger partial charge < -0.3 is 10.6 Å². The summed E-state index contributed by atoms with van der Waals surface area (Å²) in [6.45, 7) is 1.76. The number of nitrogens with zero attached hydrogens (tertiary/aromatic N) is 1. The minimum absolute atomic E-state index is 0.0810. The first-order valence-corrected chi connectivity index (χ1v) is 5.77. The predicted octanol–water partition coefficient (Wildman–Crippen LogP) is 1.54.